The van der Waals surface area contributed by atoms with Crippen LogP contribution in [0.5, 0.6) is 5.75 Å². The molecule has 2 saturated heterocycles. The molecule has 7 nitrogen and oxygen atoms in total. The second-order valence-corrected chi connectivity index (χ2v) is 11.6. The Morgan fingerprint density at radius 1 is 1.05 bits per heavy atom. The molecular formula is C33H36N4O3. The van der Waals surface area contributed by atoms with E-state index in [1.54, 1.807) is 0 Å². The molecule has 4 aromatic rings. The van der Waals surface area contributed by atoms with E-state index in [1.807, 2.05) is 65.6 Å². The number of amides is 2. The first-order valence-corrected chi connectivity index (χ1v) is 14.3. The highest BCUT2D eigenvalue weighted by atomic mass is 16.5. The minimum absolute atomic E-state index is 0.0540. The Morgan fingerprint density at radius 3 is 2.45 bits per heavy atom. The summed E-state index contributed by atoms with van der Waals surface area (Å²) in [5.74, 6) is 1.17. The van der Waals surface area contributed by atoms with E-state index >= 15 is 0 Å². The van der Waals surface area contributed by atoms with Gasteiger partial charge in [-0.25, -0.2) is 0 Å². The van der Waals surface area contributed by atoms with Crippen LogP contribution in [-0.2, 0) is 4.79 Å². The zero-order valence-electron chi connectivity index (χ0n) is 23.0. The van der Waals surface area contributed by atoms with Crippen molar-refractivity contribution in [2.75, 3.05) is 0 Å². The second kappa shape index (κ2) is 11.2. The molecule has 7 heteroatoms. The molecule has 0 aliphatic carbocycles. The van der Waals surface area contributed by atoms with Crippen LogP contribution in [0.25, 0.3) is 22.2 Å². The first kappa shape index (κ1) is 26.1. The lowest BCUT2D eigenvalue weighted by Crippen LogP contribution is -2.45. The number of aromatic nitrogens is 2. The van der Waals surface area contributed by atoms with Gasteiger partial charge in [0, 0.05) is 41.4 Å². The molecule has 1 unspecified atom stereocenters. The minimum Gasteiger partial charge on any atom is -0.490 e. The number of carbonyl (C=O) groups is 2. The van der Waals surface area contributed by atoms with Gasteiger partial charge in [-0.05, 0) is 73.2 Å². The van der Waals surface area contributed by atoms with Gasteiger partial charge in [0.2, 0.25) is 6.41 Å². The van der Waals surface area contributed by atoms with E-state index in [2.05, 4.69) is 41.5 Å². The molecule has 4 atom stereocenters. The summed E-state index contributed by atoms with van der Waals surface area (Å²) >= 11 is 0. The van der Waals surface area contributed by atoms with Crippen LogP contribution < -0.4 is 10.1 Å². The maximum absolute atomic E-state index is 13.4. The lowest BCUT2D eigenvalue weighted by Gasteiger charge is -2.36. The molecule has 3 heterocycles. The van der Waals surface area contributed by atoms with Gasteiger partial charge >= 0.3 is 0 Å². The number of nitrogens with zero attached hydrogens (tertiary/aromatic N) is 2. The van der Waals surface area contributed by atoms with E-state index in [0.29, 0.717) is 23.6 Å². The largest absolute Gasteiger partial charge is 0.490 e. The van der Waals surface area contributed by atoms with Crippen molar-refractivity contribution >= 4 is 23.2 Å². The fraction of sp³-hybridized carbons (Fsp3) is 0.364. The molecule has 0 radical (unpaired) electrons. The van der Waals surface area contributed by atoms with Gasteiger partial charge in [-0.1, -0.05) is 44.2 Å². The number of aromatic amines is 1. The van der Waals surface area contributed by atoms with Gasteiger partial charge in [0.05, 0.1) is 17.3 Å². The zero-order valence-corrected chi connectivity index (χ0v) is 23.0. The van der Waals surface area contributed by atoms with Crippen molar-refractivity contribution in [3.8, 4) is 17.0 Å². The van der Waals surface area contributed by atoms with Crippen LogP contribution in [0.2, 0.25) is 0 Å². The number of H-pyrrole nitrogens is 1. The predicted molar refractivity (Wildman–Crippen MR) is 156 cm³/mol. The summed E-state index contributed by atoms with van der Waals surface area (Å²) in [5.41, 5.74) is 4.35. The van der Waals surface area contributed by atoms with Gasteiger partial charge in [0.1, 0.15) is 11.9 Å². The van der Waals surface area contributed by atoms with Crippen molar-refractivity contribution in [3.05, 3.63) is 83.9 Å². The third kappa shape index (κ3) is 5.33. The first-order valence-electron chi connectivity index (χ1n) is 14.3. The van der Waals surface area contributed by atoms with E-state index in [9.17, 15) is 9.59 Å². The molecule has 2 N–H and O–H groups in total. The van der Waals surface area contributed by atoms with Gasteiger partial charge in [0.25, 0.3) is 5.91 Å². The molecule has 0 saturated carbocycles. The molecule has 6 rings (SSSR count). The Kier molecular flexibility index (Phi) is 7.29. The Labute approximate surface area is 234 Å². The van der Waals surface area contributed by atoms with E-state index in [-0.39, 0.29) is 18.1 Å². The summed E-state index contributed by atoms with van der Waals surface area (Å²) < 4.78 is 6.32. The average Bonchev–Trinajstić information content (AvgIpc) is 3.50. The Balaban J connectivity index is 1.18. The Morgan fingerprint density at radius 2 is 1.77 bits per heavy atom. The number of benzene rings is 3. The SMILES string of the molecule is CC(C)CC(NC(=O)c1ccc2[nH]nc(-c3ccc(O[C@@H]4C[C@H]5CC[C@@H](C4)N5C=O)cc3)c2c1)c1ccccc1. The van der Waals surface area contributed by atoms with E-state index in [0.717, 1.165) is 72.0 Å². The average molecular weight is 537 g/mol. The third-order valence-electron chi connectivity index (χ3n) is 8.34. The maximum atomic E-state index is 13.4. The molecule has 206 valence electrons. The standard InChI is InChI=1S/C33H36N4O3/c1-21(2)16-31(22-6-4-3-5-7-22)34-33(39)24-10-15-30-29(17-24)32(36-35-30)23-8-13-27(14-9-23)40-28-18-25-11-12-26(19-28)37(25)20-38/h3-10,13-15,17,20-21,25-26,28,31H,11-12,16,18-19H2,1-2H3,(H,34,39)(H,35,36)/t25-,26+,28-,31?. The van der Waals surface area contributed by atoms with Gasteiger partial charge in [-0.2, -0.15) is 5.10 Å². The van der Waals surface area contributed by atoms with Gasteiger partial charge in [-0.3, -0.25) is 14.7 Å². The number of hydrogen-bond acceptors (Lipinski definition) is 4. The molecule has 40 heavy (non-hydrogen) atoms. The van der Waals surface area contributed by atoms with Gasteiger partial charge in [0.15, 0.2) is 0 Å². The topological polar surface area (TPSA) is 87.3 Å². The Bertz CT molecular complexity index is 1470. The van der Waals surface area contributed by atoms with Gasteiger partial charge < -0.3 is 15.0 Å². The van der Waals surface area contributed by atoms with E-state index in [1.165, 1.54) is 0 Å². The molecule has 2 aliphatic rings. The first-order chi connectivity index (χ1) is 19.5. The third-order valence-corrected chi connectivity index (χ3v) is 8.34. The maximum Gasteiger partial charge on any atom is 0.251 e. The number of hydrogen-bond donors (Lipinski definition) is 2. The number of piperidine rings is 1. The fourth-order valence-corrected chi connectivity index (χ4v) is 6.37. The molecule has 1 aromatic heterocycles. The molecule has 2 fully saturated rings. The van der Waals surface area contributed by atoms with Crippen LogP contribution in [0, 0.1) is 5.92 Å². The van der Waals surface area contributed by atoms with Crippen molar-refractivity contribution in [2.24, 2.45) is 5.92 Å². The second-order valence-electron chi connectivity index (χ2n) is 11.6. The normalized spacial score (nSPS) is 21.0. The smallest absolute Gasteiger partial charge is 0.251 e. The summed E-state index contributed by atoms with van der Waals surface area (Å²) in [6.45, 7) is 4.34. The molecular weight excluding hydrogens is 500 g/mol. The fourth-order valence-electron chi connectivity index (χ4n) is 6.37. The highest BCUT2D eigenvalue weighted by molar-refractivity contribution is 6.01. The predicted octanol–water partition coefficient (Wildman–Crippen LogP) is 6.28. The van der Waals surface area contributed by atoms with Crippen molar-refractivity contribution in [3.63, 3.8) is 0 Å². The van der Waals surface area contributed by atoms with Crippen LogP contribution >= 0.6 is 0 Å². The van der Waals surface area contributed by atoms with Crippen LogP contribution in [0.4, 0.5) is 0 Å². The quantitative estimate of drug-likeness (QED) is 0.247. The Hall–Kier alpha value is -4.13. The highest BCUT2D eigenvalue weighted by Gasteiger charge is 2.40. The summed E-state index contributed by atoms with van der Waals surface area (Å²) in [4.78, 5) is 26.7. The molecule has 2 bridgehead atoms. The van der Waals surface area contributed by atoms with Crippen molar-refractivity contribution in [2.45, 2.75) is 70.2 Å². The lowest BCUT2D eigenvalue weighted by atomic mass is 9.96. The molecule has 2 aliphatic heterocycles. The number of ether oxygens (including phenoxy) is 1. The van der Waals surface area contributed by atoms with Gasteiger partial charge in [-0.15, -0.1) is 0 Å². The van der Waals surface area contributed by atoms with Crippen molar-refractivity contribution in [1.29, 1.82) is 0 Å². The van der Waals surface area contributed by atoms with Crippen LogP contribution in [0.1, 0.15) is 67.9 Å². The van der Waals surface area contributed by atoms with E-state index < -0.39 is 0 Å². The van der Waals surface area contributed by atoms with Crippen LogP contribution in [-0.4, -0.2) is 45.6 Å². The summed E-state index contributed by atoms with van der Waals surface area (Å²) in [6.07, 6.45) is 5.90. The monoisotopic (exact) mass is 536 g/mol. The number of fused-ring (bicyclic) bond motifs is 3. The summed E-state index contributed by atoms with van der Waals surface area (Å²) in [7, 11) is 0. The molecule has 3 aromatic carbocycles. The van der Waals surface area contributed by atoms with Crippen LogP contribution in [0.3, 0.4) is 0 Å². The van der Waals surface area contributed by atoms with Crippen molar-refractivity contribution < 1.29 is 14.3 Å². The summed E-state index contributed by atoms with van der Waals surface area (Å²) in [6, 6.07) is 24.4. The van der Waals surface area contributed by atoms with E-state index in [4.69, 9.17) is 4.74 Å². The van der Waals surface area contributed by atoms with Crippen LogP contribution in [0.15, 0.2) is 72.8 Å². The number of carbonyl (C=O) groups excluding carboxylic acids is 2. The summed E-state index contributed by atoms with van der Waals surface area (Å²) in [5, 5.41) is 11.8. The lowest BCUT2D eigenvalue weighted by molar-refractivity contribution is -0.123. The number of nitrogens with one attached hydrogen (secondary N) is 2. The van der Waals surface area contributed by atoms with Crippen molar-refractivity contribution in [1.82, 2.24) is 20.4 Å². The minimum atomic E-state index is -0.0955. The zero-order chi connectivity index (χ0) is 27.6. The highest BCUT2D eigenvalue weighted by Crippen LogP contribution is 2.37. The molecule has 0 spiro atoms. The number of rotatable bonds is 9. The molecule has 2 amide bonds.